The van der Waals surface area contributed by atoms with Crippen LogP contribution in [0.1, 0.15) is 27.2 Å². The summed E-state index contributed by atoms with van der Waals surface area (Å²) in [6, 6.07) is 11.5. The third-order valence-corrected chi connectivity index (χ3v) is 5.95. The van der Waals surface area contributed by atoms with Crippen molar-refractivity contribution in [3.05, 3.63) is 91.5 Å². The average molecular weight is 482 g/mol. The molecule has 0 unspecified atom stereocenters. The van der Waals surface area contributed by atoms with Gasteiger partial charge in [-0.05, 0) is 31.0 Å². The summed E-state index contributed by atoms with van der Waals surface area (Å²) in [7, 11) is 0. The van der Waals surface area contributed by atoms with Crippen molar-refractivity contribution in [1.82, 2.24) is 24.6 Å². The number of hydrogen-bond donors (Lipinski definition) is 1. The summed E-state index contributed by atoms with van der Waals surface area (Å²) in [6.07, 6.45) is 0. The predicted molar refractivity (Wildman–Crippen MR) is 129 cm³/mol. The van der Waals surface area contributed by atoms with Crippen LogP contribution in [0.4, 0.5) is 4.39 Å². The average Bonchev–Trinajstić information content (AvgIpc) is 2.85. The van der Waals surface area contributed by atoms with Gasteiger partial charge in [0.25, 0.3) is 11.5 Å². The highest BCUT2D eigenvalue weighted by molar-refractivity contribution is 5.91. The zero-order valence-electron chi connectivity index (χ0n) is 19.8. The highest BCUT2D eigenvalue weighted by atomic mass is 19.1. The molecule has 1 fully saturated rings. The van der Waals surface area contributed by atoms with Gasteiger partial charge in [0.15, 0.2) is 0 Å². The molecule has 35 heavy (non-hydrogen) atoms. The summed E-state index contributed by atoms with van der Waals surface area (Å²) in [4.78, 5) is 41.5. The van der Waals surface area contributed by atoms with E-state index in [1.54, 1.807) is 19.1 Å². The van der Waals surface area contributed by atoms with E-state index in [1.165, 1.54) is 12.1 Å². The van der Waals surface area contributed by atoms with Gasteiger partial charge in [0.2, 0.25) is 5.69 Å². The first-order valence-electron chi connectivity index (χ1n) is 11.5. The molecule has 1 aromatic heterocycles. The number of nitrogens with one attached hydrogen (secondary N) is 1. The maximum Gasteiger partial charge on any atom is 0.352 e. The minimum Gasteiger partial charge on any atom is -0.379 e. The zero-order valence-corrected chi connectivity index (χ0v) is 19.8. The monoisotopic (exact) mass is 481 g/mol. The fourth-order valence-electron chi connectivity index (χ4n) is 3.79. The van der Waals surface area contributed by atoms with E-state index in [4.69, 9.17) is 4.74 Å². The van der Waals surface area contributed by atoms with Crippen LogP contribution >= 0.6 is 0 Å². The van der Waals surface area contributed by atoms with E-state index in [9.17, 15) is 18.8 Å². The van der Waals surface area contributed by atoms with E-state index in [-0.39, 0.29) is 12.2 Å². The van der Waals surface area contributed by atoms with Crippen LogP contribution in [-0.2, 0) is 11.3 Å². The van der Waals surface area contributed by atoms with Crippen LogP contribution in [0.5, 0.6) is 0 Å². The summed E-state index contributed by atoms with van der Waals surface area (Å²) in [5.41, 5.74) is 0.269. The van der Waals surface area contributed by atoms with Gasteiger partial charge >= 0.3 is 5.69 Å². The van der Waals surface area contributed by atoms with Crippen molar-refractivity contribution in [2.24, 2.45) is 0 Å². The summed E-state index contributed by atoms with van der Waals surface area (Å²) in [6.45, 7) is 7.17. The minimum atomic E-state index is -0.803. The second kappa shape index (κ2) is 10.7. The topological polar surface area (TPSA) is 98.5 Å². The lowest BCUT2D eigenvalue weighted by atomic mass is 10.1. The van der Waals surface area contributed by atoms with Gasteiger partial charge in [-0.2, -0.15) is 9.78 Å². The normalized spacial score (nSPS) is 14.1. The minimum absolute atomic E-state index is 0.0527. The standard InChI is InChI=1S/C25H28FN5O4/c1-17-3-6-19(7-4-17)16-30-24(33)22(23(32)27-9-10-29-11-13-35-14-12-29)28-31(25(30)34)20-8-5-18(2)21(26)15-20/h3-8,15H,9-14,16H2,1-2H3,(H,27,32). The van der Waals surface area contributed by atoms with Gasteiger partial charge in [0, 0.05) is 32.2 Å². The molecule has 1 N–H and O–H groups in total. The van der Waals surface area contributed by atoms with Gasteiger partial charge in [0.1, 0.15) is 5.82 Å². The maximum atomic E-state index is 14.3. The molecule has 1 saturated heterocycles. The van der Waals surface area contributed by atoms with Crippen molar-refractivity contribution in [3.8, 4) is 5.69 Å². The second-order valence-electron chi connectivity index (χ2n) is 8.56. The summed E-state index contributed by atoms with van der Waals surface area (Å²) >= 11 is 0. The lowest BCUT2D eigenvalue weighted by molar-refractivity contribution is 0.0383. The Hall–Kier alpha value is -3.63. The Morgan fingerprint density at radius 1 is 1.09 bits per heavy atom. The predicted octanol–water partition coefficient (Wildman–Crippen LogP) is 1.26. The quantitative estimate of drug-likeness (QED) is 0.546. The number of nitrogens with zero attached hydrogens (tertiary/aromatic N) is 4. The molecule has 0 saturated carbocycles. The van der Waals surface area contributed by atoms with Crippen molar-refractivity contribution in [2.75, 3.05) is 39.4 Å². The Morgan fingerprint density at radius 3 is 2.49 bits per heavy atom. The summed E-state index contributed by atoms with van der Waals surface area (Å²) in [5.74, 6) is -1.22. The first kappa shape index (κ1) is 24.5. The molecule has 10 heteroatoms. The fourth-order valence-corrected chi connectivity index (χ4v) is 3.79. The third kappa shape index (κ3) is 5.72. The van der Waals surface area contributed by atoms with Gasteiger partial charge < -0.3 is 10.1 Å². The van der Waals surface area contributed by atoms with Crippen LogP contribution in [0, 0.1) is 19.7 Å². The van der Waals surface area contributed by atoms with Crippen LogP contribution in [0.15, 0.2) is 52.1 Å². The first-order valence-corrected chi connectivity index (χ1v) is 11.5. The molecule has 2 aromatic carbocycles. The van der Waals surface area contributed by atoms with Gasteiger partial charge in [-0.25, -0.2) is 9.18 Å². The SMILES string of the molecule is Cc1ccc(Cn2c(=O)c(C(=O)NCCN3CCOCC3)nn(-c3ccc(C)c(F)c3)c2=O)cc1. The Balaban J connectivity index is 1.69. The number of carbonyl (C=O) groups is 1. The number of aryl methyl sites for hydroxylation is 2. The van der Waals surface area contributed by atoms with E-state index >= 15 is 0 Å². The van der Waals surface area contributed by atoms with E-state index in [1.807, 2.05) is 19.1 Å². The molecular formula is C25H28FN5O4. The fraction of sp³-hybridized carbons (Fsp3) is 0.360. The van der Waals surface area contributed by atoms with Crippen molar-refractivity contribution in [1.29, 1.82) is 0 Å². The Labute approximate surface area is 201 Å². The van der Waals surface area contributed by atoms with E-state index in [2.05, 4.69) is 15.3 Å². The number of morpholine rings is 1. The molecule has 0 spiro atoms. The van der Waals surface area contributed by atoms with E-state index < -0.39 is 28.7 Å². The largest absolute Gasteiger partial charge is 0.379 e. The van der Waals surface area contributed by atoms with Gasteiger partial charge in [-0.3, -0.25) is 19.1 Å². The highest BCUT2D eigenvalue weighted by Crippen LogP contribution is 2.11. The Morgan fingerprint density at radius 2 is 1.80 bits per heavy atom. The van der Waals surface area contributed by atoms with Crippen LogP contribution in [0.25, 0.3) is 5.69 Å². The van der Waals surface area contributed by atoms with Crippen LogP contribution in [-0.4, -0.2) is 64.5 Å². The first-order chi connectivity index (χ1) is 16.8. The van der Waals surface area contributed by atoms with Gasteiger partial charge in [0.05, 0.1) is 25.4 Å². The van der Waals surface area contributed by atoms with Crippen molar-refractivity contribution < 1.29 is 13.9 Å². The van der Waals surface area contributed by atoms with Crippen molar-refractivity contribution in [3.63, 3.8) is 0 Å². The molecule has 9 nitrogen and oxygen atoms in total. The number of aromatic nitrogens is 3. The Bertz CT molecular complexity index is 1330. The number of carbonyl (C=O) groups excluding carboxylic acids is 1. The molecule has 0 atom stereocenters. The Kier molecular flexibility index (Phi) is 7.52. The highest BCUT2D eigenvalue weighted by Gasteiger charge is 2.21. The van der Waals surface area contributed by atoms with Crippen molar-refractivity contribution >= 4 is 5.91 Å². The zero-order chi connectivity index (χ0) is 24.9. The molecule has 0 radical (unpaired) electrons. The number of halogens is 1. The molecule has 1 amide bonds. The molecule has 0 bridgehead atoms. The molecule has 3 aromatic rings. The molecule has 184 valence electrons. The van der Waals surface area contributed by atoms with E-state index in [0.717, 1.165) is 34.0 Å². The second-order valence-corrected chi connectivity index (χ2v) is 8.56. The number of hydrogen-bond acceptors (Lipinski definition) is 6. The van der Waals surface area contributed by atoms with Gasteiger partial charge in [-0.1, -0.05) is 35.9 Å². The van der Waals surface area contributed by atoms with Crippen LogP contribution in [0.2, 0.25) is 0 Å². The third-order valence-electron chi connectivity index (χ3n) is 5.95. The molecule has 2 heterocycles. The summed E-state index contributed by atoms with van der Waals surface area (Å²) in [5, 5.41) is 6.77. The summed E-state index contributed by atoms with van der Waals surface area (Å²) < 4.78 is 21.4. The van der Waals surface area contributed by atoms with Crippen LogP contribution < -0.4 is 16.6 Å². The number of ether oxygens (including phenoxy) is 1. The molecule has 1 aliphatic rings. The van der Waals surface area contributed by atoms with Crippen LogP contribution in [0.3, 0.4) is 0 Å². The number of amides is 1. The molecule has 4 rings (SSSR count). The smallest absolute Gasteiger partial charge is 0.352 e. The lowest BCUT2D eigenvalue weighted by Crippen LogP contribution is -2.47. The lowest BCUT2D eigenvalue weighted by Gasteiger charge is -2.26. The number of rotatable bonds is 7. The molecule has 0 aliphatic carbocycles. The van der Waals surface area contributed by atoms with Gasteiger partial charge in [-0.15, -0.1) is 0 Å². The molecular weight excluding hydrogens is 453 g/mol. The van der Waals surface area contributed by atoms with E-state index in [0.29, 0.717) is 37.4 Å². The molecule has 1 aliphatic heterocycles. The maximum absolute atomic E-state index is 14.3. The van der Waals surface area contributed by atoms with Crippen molar-refractivity contribution in [2.45, 2.75) is 20.4 Å². The number of benzene rings is 2.